The maximum atomic E-state index is 11.7. The number of carbonyl (C=O) groups excluding carboxylic acids is 1. The van der Waals surface area contributed by atoms with Gasteiger partial charge in [-0.1, -0.05) is 0 Å². The molecule has 1 fully saturated rings. The Labute approximate surface area is 134 Å². The number of aromatic nitrogens is 1. The SMILES string of the molecule is CCOC(=O)C1CCN(CCc2nc(CC(=O)O)cs2)CC1. The third-order valence-corrected chi connectivity index (χ3v) is 4.74. The summed E-state index contributed by atoms with van der Waals surface area (Å²) < 4.78 is 5.07. The van der Waals surface area contributed by atoms with Gasteiger partial charge in [-0.15, -0.1) is 11.3 Å². The highest BCUT2D eigenvalue weighted by Crippen LogP contribution is 2.19. The zero-order valence-corrected chi connectivity index (χ0v) is 13.6. The molecule has 6 nitrogen and oxygen atoms in total. The van der Waals surface area contributed by atoms with Crippen LogP contribution in [-0.2, 0) is 27.2 Å². The predicted molar refractivity (Wildman–Crippen MR) is 83.0 cm³/mol. The van der Waals surface area contributed by atoms with E-state index in [0.717, 1.165) is 43.9 Å². The predicted octanol–water partition coefficient (Wildman–Crippen LogP) is 1.59. The summed E-state index contributed by atoms with van der Waals surface area (Å²) in [7, 11) is 0. The average Bonchev–Trinajstić information content (AvgIpc) is 2.92. The number of carboxylic acid groups (broad SMARTS) is 1. The summed E-state index contributed by atoms with van der Waals surface area (Å²) in [5, 5.41) is 11.5. The lowest BCUT2D eigenvalue weighted by Crippen LogP contribution is -2.38. The van der Waals surface area contributed by atoms with Crippen molar-refractivity contribution in [3.8, 4) is 0 Å². The van der Waals surface area contributed by atoms with E-state index in [-0.39, 0.29) is 18.3 Å². The van der Waals surface area contributed by atoms with Gasteiger partial charge in [0.1, 0.15) is 0 Å². The van der Waals surface area contributed by atoms with Crippen molar-refractivity contribution in [3.63, 3.8) is 0 Å². The second kappa shape index (κ2) is 8.24. The largest absolute Gasteiger partial charge is 0.481 e. The second-order valence-corrected chi connectivity index (χ2v) is 6.36. The number of carboxylic acids is 1. The lowest BCUT2D eigenvalue weighted by atomic mass is 9.97. The molecule has 0 spiro atoms. The first kappa shape index (κ1) is 16.9. The fourth-order valence-corrected chi connectivity index (χ4v) is 3.39. The van der Waals surface area contributed by atoms with Crippen molar-refractivity contribution >= 4 is 23.3 Å². The Morgan fingerprint density at radius 2 is 2.18 bits per heavy atom. The van der Waals surface area contributed by atoms with Crippen LogP contribution in [0.3, 0.4) is 0 Å². The van der Waals surface area contributed by atoms with Crippen LogP contribution in [0.5, 0.6) is 0 Å². The molecule has 122 valence electrons. The van der Waals surface area contributed by atoms with Gasteiger partial charge < -0.3 is 14.7 Å². The molecule has 0 saturated carbocycles. The van der Waals surface area contributed by atoms with E-state index in [1.807, 2.05) is 12.3 Å². The molecule has 0 radical (unpaired) electrons. The van der Waals surface area contributed by atoms with Crippen LogP contribution in [-0.4, -0.2) is 53.2 Å². The maximum Gasteiger partial charge on any atom is 0.309 e. The van der Waals surface area contributed by atoms with Crippen LogP contribution in [0.15, 0.2) is 5.38 Å². The van der Waals surface area contributed by atoms with E-state index < -0.39 is 5.97 Å². The molecule has 1 saturated heterocycles. The van der Waals surface area contributed by atoms with Gasteiger partial charge in [-0.25, -0.2) is 4.98 Å². The lowest BCUT2D eigenvalue weighted by molar-refractivity contribution is -0.149. The van der Waals surface area contributed by atoms with E-state index in [1.165, 1.54) is 11.3 Å². The number of aliphatic carboxylic acids is 1. The first-order chi connectivity index (χ1) is 10.6. The minimum absolute atomic E-state index is 0.0125. The van der Waals surface area contributed by atoms with Gasteiger partial charge in [-0.2, -0.15) is 0 Å². The number of nitrogens with zero attached hydrogens (tertiary/aromatic N) is 2. The second-order valence-electron chi connectivity index (χ2n) is 5.42. The van der Waals surface area contributed by atoms with Crippen LogP contribution in [0.4, 0.5) is 0 Å². The summed E-state index contributed by atoms with van der Waals surface area (Å²) in [6, 6.07) is 0. The first-order valence-electron chi connectivity index (χ1n) is 7.62. The number of hydrogen-bond donors (Lipinski definition) is 1. The molecule has 7 heteroatoms. The van der Waals surface area contributed by atoms with Crippen molar-refractivity contribution in [1.29, 1.82) is 0 Å². The summed E-state index contributed by atoms with van der Waals surface area (Å²) in [5.74, 6) is -0.878. The molecular weight excluding hydrogens is 304 g/mol. The Morgan fingerprint density at radius 3 is 2.82 bits per heavy atom. The quantitative estimate of drug-likeness (QED) is 0.767. The summed E-state index contributed by atoms with van der Waals surface area (Å²) >= 11 is 1.52. The molecule has 0 aromatic carbocycles. The molecule has 22 heavy (non-hydrogen) atoms. The van der Waals surface area contributed by atoms with Gasteiger partial charge in [-0.05, 0) is 32.9 Å². The van der Waals surface area contributed by atoms with Gasteiger partial charge >= 0.3 is 11.9 Å². The highest BCUT2D eigenvalue weighted by atomic mass is 32.1. The number of likely N-dealkylation sites (tertiary alicyclic amines) is 1. The first-order valence-corrected chi connectivity index (χ1v) is 8.50. The van der Waals surface area contributed by atoms with Crippen LogP contribution in [0.2, 0.25) is 0 Å². The topological polar surface area (TPSA) is 79.7 Å². The van der Waals surface area contributed by atoms with Gasteiger partial charge in [0.05, 0.1) is 29.6 Å². The van der Waals surface area contributed by atoms with E-state index in [1.54, 1.807) is 0 Å². The van der Waals surface area contributed by atoms with Crippen LogP contribution in [0, 0.1) is 5.92 Å². The fourth-order valence-electron chi connectivity index (χ4n) is 2.61. The van der Waals surface area contributed by atoms with E-state index >= 15 is 0 Å². The fraction of sp³-hybridized carbons (Fsp3) is 0.667. The highest BCUT2D eigenvalue weighted by molar-refractivity contribution is 7.09. The highest BCUT2D eigenvalue weighted by Gasteiger charge is 2.25. The molecule has 2 rings (SSSR count). The van der Waals surface area contributed by atoms with Crippen LogP contribution < -0.4 is 0 Å². The number of ether oxygens (including phenoxy) is 1. The maximum absolute atomic E-state index is 11.7. The van der Waals surface area contributed by atoms with Gasteiger partial charge in [0, 0.05) is 18.3 Å². The van der Waals surface area contributed by atoms with E-state index in [2.05, 4.69) is 9.88 Å². The zero-order chi connectivity index (χ0) is 15.9. The van der Waals surface area contributed by atoms with Crippen LogP contribution in [0.1, 0.15) is 30.5 Å². The smallest absolute Gasteiger partial charge is 0.309 e. The van der Waals surface area contributed by atoms with E-state index in [4.69, 9.17) is 9.84 Å². The molecule has 1 aromatic rings. The number of piperidine rings is 1. The molecule has 0 amide bonds. The summed E-state index contributed by atoms with van der Waals surface area (Å²) in [5.41, 5.74) is 0.633. The molecule has 0 aliphatic carbocycles. The van der Waals surface area contributed by atoms with Crippen LogP contribution >= 0.6 is 11.3 Å². The summed E-state index contributed by atoms with van der Waals surface area (Å²) in [4.78, 5) is 29.0. The number of rotatable bonds is 7. The van der Waals surface area contributed by atoms with Crippen molar-refractivity contribution in [3.05, 3.63) is 16.1 Å². The van der Waals surface area contributed by atoms with Crippen molar-refractivity contribution in [2.75, 3.05) is 26.2 Å². The number of esters is 1. The van der Waals surface area contributed by atoms with E-state index in [0.29, 0.717) is 12.3 Å². The molecule has 0 atom stereocenters. The Hall–Kier alpha value is -1.47. The molecule has 1 aliphatic heterocycles. The average molecular weight is 326 g/mol. The molecular formula is C15H22N2O4S. The molecule has 1 aromatic heterocycles. The van der Waals surface area contributed by atoms with Gasteiger partial charge in [0.2, 0.25) is 0 Å². The minimum atomic E-state index is -0.849. The van der Waals surface area contributed by atoms with Crippen LogP contribution in [0.25, 0.3) is 0 Å². The van der Waals surface area contributed by atoms with Crippen molar-refractivity contribution in [2.45, 2.75) is 32.6 Å². The number of thiazole rings is 1. The zero-order valence-electron chi connectivity index (χ0n) is 12.8. The minimum Gasteiger partial charge on any atom is -0.481 e. The molecule has 2 heterocycles. The van der Waals surface area contributed by atoms with E-state index in [9.17, 15) is 9.59 Å². The number of carbonyl (C=O) groups is 2. The van der Waals surface area contributed by atoms with Gasteiger partial charge in [-0.3, -0.25) is 9.59 Å². The van der Waals surface area contributed by atoms with Crippen molar-refractivity contribution in [2.24, 2.45) is 5.92 Å². The molecule has 1 N–H and O–H groups in total. The summed E-state index contributed by atoms with van der Waals surface area (Å²) in [6.07, 6.45) is 2.51. The Balaban J connectivity index is 1.71. The third-order valence-electron chi connectivity index (χ3n) is 3.78. The lowest BCUT2D eigenvalue weighted by Gasteiger charge is -2.30. The molecule has 1 aliphatic rings. The summed E-state index contributed by atoms with van der Waals surface area (Å²) in [6.45, 7) is 4.98. The normalized spacial score (nSPS) is 16.6. The molecule has 0 bridgehead atoms. The Morgan fingerprint density at radius 1 is 1.45 bits per heavy atom. The molecule has 0 unspecified atom stereocenters. The number of hydrogen-bond acceptors (Lipinski definition) is 6. The van der Waals surface area contributed by atoms with Crippen molar-refractivity contribution in [1.82, 2.24) is 9.88 Å². The Kier molecular flexibility index (Phi) is 6.33. The monoisotopic (exact) mass is 326 g/mol. The standard InChI is InChI=1S/C15H22N2O4S/c1-2-21-15(20)11-3-6-17(7-4-11)8-5-13-16-12(10-22-13)9-14(18)19/h10-11H,2-9H2,1H3,(H,18,19). The van der Waals surface area contributed by atoms with Crippen molar-refractivity contribution < 1.29 is 19.4 Å². The van der Waals surface area contributed by atoms with Gasteiger partial charge in [0.25, 0.3) is 0 Å². The Bertz CT molecular complexity index is 509. The van der Waals surface area contributed by atoms with Gasteiger partial charge in [0.15, 0.2) is 0 Å². The third kappa shape index (κ3) is 5.06.